The summed E-state index contributed by atoms with van der Waals surface area (Å²) in [6.07, 6.45) is 3.39. The zero-order valence-corrected chi connectivity index (χ0v) is 20.7. The zero-order valence-electron chi connectivity index (χ0n) is 20.0. The molecule has 1 fully saturated rings. The van der Waals surface area contributed by atoms with Crippen LogP contribution in [0.15, 0.2) is 48.7 Å². The predicted octanol–water partition coefficient (Wildman–Crippen LogP) is 4.82. The van der Waals surface area contributed by atoms with E-state index in [9.17, 15) is 14.4 Å². The molecule has 0 radical (unpaired) electrons. The van der Waals surface area contributed by atoms with Crippen molar-refractivity contribution in [3.63, 3.8) is 0 Å². The molecule has 1 aromatic heterocycles. The van der Waals surface area contributed by atoms with Gasteiger partial charge in [0.1, 0.15) is 0 Å². The molecule has 1 N–H and O–H groups in total. The van der Waals surface area contributed by atoms with Crippen LogP contribution in [0, 0.1) is 11.8 Å². The first kappa shape index (κ1) is 24.0. The van der Waals surface area contributed by atoms with E-state index < -0.39 is 11.7 Å². The molecule has 1 aliphatic rings. The van der Waals surface area contributed by atoms with Crippen LogP contribution in [-0.4, -0.2) is 59.1 Å². The maximum atomic E-state index is 13.5. The average Bonchev–Trinajstić information content (AvgIpc) is 3.23. The molecule has 4 rings (SSSR count). The number of rotatable bonds is 5. The van der Waals surface area contributed by atoms with E-state index in [1.54, 1.807) is 32.3 Å². The number of Topliss-reactive ketones (excluding diaryl/α,β-unsaturated/α-hetero) is 1. The summed E-state index contributed by atoms with van der Waals surface area (Å²) in [5, 5.41) is 1.33. The lowest BCUT2D eigenvalue weighted by Crippen LogP contribution is -2.48. The summed E-state index contributed by atoms with van der Waals surface area (Å²) >= 11 is 6.16. The lowest BCUT2D eigenvalue weighted by atomic mass is 9.79. The van der Waals surface area contributed by atoms with Crippen molar-refractivity contribution in [3.8, 4) is 0 Å². The summed E-state index contributed by atoms with van der Waals surface area (Å²) in [4.78, 5) is 44.5. The number of piperidine rings is 1. The second-order valence-corrected chi connectivity index (χ2v) is 10.0. The van der Waals surface area contributed by atoms with Crippen molar-refractivity contribution < 1.29 is 14.4 Å². The standard InChI is InChI=1S/C27H30ClN3O3/c1-16-15-31(17(2)10-20(16)11-18-6-5-7-21(28)12-18)26(33)19-8-9-24-22(13-19)23(14-29-24)25(32)27(34)30(3)4/h5-9,12-14,16-17,20,29H,10-11,15H2,1-4H3. The van der Waals surface area contributed by atoms with Crippen LogP contribution < -0.4 is 0 Å². The van der Waals surface area contributed by atoms with Crippen molar-refractivity contribution in [3.05, 3.63) is 70.4 Å². The summed E-state index contributed by atoms with van der Waals surface area (Å²) < 4.78 is 0. The molecule has 0 bridgehead atoms. The van der Waals surface area contributed by atoms with E-state index in [0.717, 1.165) is 17.9 Å². The summed E-state index contributed by atoms with van der Waals surface area (Å²) in [5.41, 5.74) is 2.74. The summed E-state index contributed by atoms with van der Waals surface area (Å²) in [6, 6.07) is 13.4. The van der Waals surface area contributed by atoms with E-state index in [1.165, 1.54) is 16.7 Å². The number of nitrogens with zero attached hydrogens (tertiary/aromatic N) is 2. The molecule has 0 saturated carbocycles. The maximum absolute atomic E-state index is 13.5. The maximum Gasteiger partial charge on any atom is 0.294 e. The van der Waals surface area contributed by atoms with Crippen LogP contribution in [0.3, 0.4) is 0 Å². The minimum absolute atomic E-state index is 0.0546. The molecule has 7 heteroatoms. The molecule has 2 heterocycles. The molecule has 178 valence electrons. The molecular formula is C27H30ClN3O3. The lowest BCUT2D eigenvalue weighted by Gasteiger charge is -2.42. The second-order valence-electron chi connectivity index (χ2n) is 9.61. The van der Waals surface area contributed by atoms with Crippen LogP contribution in [0.2, 0.25) is 5.02 Å². The van der Waals surface area contributed by atoms with Crippen LogP contribution in [0.4, 0.5) is 0 Å². The van der Waals surface area contributed by atoms with Gasteiger partial charge in [-0.15, -0.1) is 0 Å². The Bertz CT molecular complexity index is 1250. The van der Waals surface area contributed by atoms with Crippen molar-refractivity contribution in [2.45, 2.75) is 32.7 Å². The van der Waals surface area contributed by atoms with Crippen molar-refractivity contribution in [1.29, 1.82) is 0 Å². The number of carbonyl (C=O) groups is 3. The van der Waals surface area contributed by atoms with Gasteiger partial charge < -0.3 is 14.8 Å². The Kier molecular flexibility index (Phi) is 6.80. The number of benzene rings is 2. The fraction of sp³-hybridized carbons (Fsp3) is 0.370. The van der Waals surface area contributed by atoms with Gasteiger partial charge >= 0.3 is 0 Å². The van der Waals surface area contributed by atoms with Crippen molar-refractivity contribution in [2.75, 3.05) is 20.6 Å². The highest BCUT2D eigenvalue weighted by Gasteiger charge is 2.34. The topological polar surface area (TPSA) is 73.5 Å². The van der Waals surface area contributed by atoms with Gasteiger partial charge in [-0.25, -0.2) is 0 Å². The number of H-pyrrole nitrogens is 1. The number of amides is 2. The van der Waals surface area contributed by atoms with Gasteiger partial charge in [-0.2, -0.15) is 0 Å². The zero-order chi connectivity index (χ0) is 24.6. The lowest BCUT2D eigenvalue weighted by molar-refractivity contribution is -0.124. The molecule has 0 aliphatic carbocycles. The van der Waals surface area contributed by atoms with Crippen molar-refractivity contribution in [2.24, 2.45) is 11.8 Å². The normalized spacial score (nSPS) is 20.4. The average molecular weight is 480 g/mol. The Labute approximate surface area is 204 Å². The summed E-state index contributed by atoms with van der Waals surface area (Å²) in [7, 11) is 3.09. The molecule has 2 amide bonds. The highest BCUT2D eigenvalue weighted by molar-refractivity contribution is 6.44. The minimum atomic E-state index is -0.596. The Morgan fingerprint density at radius 3 is 2.59 bits per heavy atom. The molecule has 0 spiro atoms. The van der Waals surface area contributed by atoms with Gasteiger partial charge in [0.05, 0.1) is 5.56 Å². The SMILES string of the molecule is CC1CN(C(=O)c2ccc3[nH]cc(C(=O)C(=O)N(C)C)c3c2)C(C)CC1Cc1cccc(Cl)c1. The molecule has 3 aromatic rings. The first-order chi connectivity index (χ1) is 16.2. The van der Waals surface area contributed by atoms with Gasteiger partial charge in [0.25, 0.3) is 17.6 Å². The molecule has 6 nitrogen and oxygen atoms in total. The van der Waals surface area contributed by atoms with E-state index in [2.05, 4.69) is 24.9 Å². The van der Waals surface area contributed by atoms with Crippen LogP contribution in [-0.2, 0) is 11.2 Å². The molecule has 34 heavy (non-hydrogen) atoms. The highest BCUT2D eigenvalue weighted by Crippen LogP contribution is 2.32. The third-order valence-corrected chi connectivity index (χ3v) is 7.12. The molecular weight excluding hydrogens is 450 g/mol. The Balaban J connectivity index is 1.53. The largest absolute Gasteiger partial charge is 0.360 e. The number of hydrogen-bond acceptors (Lipinski definition) is 3. The molecule has 3 atom stereocenters. The van der Waals surface area contributed by atoms with Crippen molar-refractivity contribution in [1.82, 2.24) is 14.8 Å². The number of nitrogens with one attached hydrogen (secondary N) is 1. The van der Waals surface area contributed by atoms with Crippen molar-refractivity contribution >= 4 is 40.1 Å². The number of aromatic nitrogens is 1. The van der Waals surface area contributed by atoms with E-state index in [4.69, 9.17) is 11.6 Å². The highest BCUT2D eigenvalue weighted by atomic mass is 35.5. The van der Waals surface area contributed by atoms with Gasteiger partial charge in [-0.05, 0) is 67.5 Å². The molecule has 1 aliphatic heterocycles. The Morgan fingerprint density at radius 2 is 1.88 bits per heavy atom. The third kappa shape index (κ3) is 4.73. The summed E-state index contributed by atoms with van der Waals surface area (Å²) in [5.74, 6) is -0.441. The number of hydrogen-bond donors (Lipinski definition) is 1. The summed E-state index contributed by atoms with van der Waals surface area (Å²) in [6.45, 7) is 4.95. The van der Waals surface area contributed by atoms with Gasteiger partial charge in [0.2, 0.25) is 0 Å². The van der Waals surface area contributed by atoms with Gasteiger partial charge in [0, 0.05) is 54.4 Å². The molecule has 3 unspecified atom stereocenters. The van der Waals surface area contributed by atoms with Crippen LogP contribution >= 0.6 is 11.6 Å². The van der Waals surface area contributed by atoms with Crippen LogP contribution in [0.5, 0.6) is 0 Å². The number of likely N-dealkylation sites (N-methyl/N-ethyl adjacent to an activating group) is 1. The minimum Gasteiger partial charge on any atom is -0.360 e. The first-order valence-electron chi connectivity index (χ1n) is 11.6. The first-order valence-corrected chi connectivity index (χ1v) is 12.0. The fourth-order valence-corrected chi connectivity index (χ4v) is 5.11. The number of halogens is 1. The Morgan fingerprint density at radius 1 is 1.12 bits per heavy atom. The third-order valence-electron chi connectivity index (χ3n) is 6.89. The van der Waals surface area contributed by atoms with Crippen LogP contribution in [0.25, 0.3) is 10.9 Å². The monoisotopic (exact) mass is 479 g/mol. The van der Waals surface area contributed by atoms with E-state index in [1.807, 2.05) is 23.1 Å². The fourth-order valence-electron chi connectivity index (χ4n) is 4.90. The Hall–Kier alpha value is -3.12. The van der Waals surface area contributed by atoms with Gasteiger partial charge in [0.15, 0.2) is 0 Å². The smallest absolute Gasteiger partial charge is 0.294 e. The van der Waals surface area contributed by atoms with Crippen LogP contribution in [0.1, 0.15) is 46.5 Å². The number of likely N-dealkylation sites (tertiary alicyclic amines) is 1. The number of aromatic amines is 1. The molecule has 1 saturated heterocycles. The predicted molar refractivity (Wildman–Crippen MR) is 134 cm³/mol. The molecule has 2 aromatic carbocycles. The number of ketones is 1. The quantitative estimate of drug-likeness (QED) is 0.421. The van der Waals surface area contributed by atoms with Gasteiger partial charge in [-0.1, -0.05) is 30.7 Å². The van der Waals surface area contributed by atoms with E-state index in [0.29, 0.717) is 34.8 Å². The number of fused-ring (bicyclic) bond motifs is 1. The van der Waals surface area contributed by atoms with Gasteiger partial charge in [-0.3, -0.25) is 14.4 Å². The van der Waals surface area contributed by atoms with E-state index in [-0.39, 0.29) is 17.5 Å². The number of carbonyl (C=O) groups excluding carboxylic acids is 3. The second kappa shape index (κ2) is 9.63. The van der Waals surface area contributed by atoms with E-state index >= 15 is 0 Å².